The molecule has 36 heavy (non-hydrogen) atoms. The molecule has 0 amide bonds. The fourth-order valence-corrected chi connectivity index (χ4v) is 4.55. The van der Waals surface area contributed by atoms with Gasteiger partial charge >= 0.3 is 5.97 Å². The van der Waals surface area contributed by atoms with Crippen LogP contribution in [0.5, 0.6) is 0 Å². The Kier molecular flexibility index (Phi) is 5.69. The van der Waals surface area contributed by atoms with Crippen molar-refractivity contribution < 1.29 is 9.53 Å². The normalized spacial score (nSPS) is 11.4. The molecule has 0 fully saturated rings. The zero-order valence-electron chi connectivity index (χ0n) is 20.7. The monoisotopic (exact) mass is 474 g/mol. The lowest BCUT2D eigenvalue weighted by atomic mass is 10.0. The van der Waals surface area contributed by atoms with Crippen LogP contribution in [0.1, 0.15) is 36.8 Å². The Labute approximate surface area is 209 Å². The molecule has 0 radical (unpaired) electrons. The van der Waals surface area contributed by atoms with E-state index in [2.05, 4.69) is 45.2 Å². The first kappa shape index (κ1) is 23.1. The summed E-state index contributed by atoms with van der Waals surface area (Å²) >= 11 is 0. The number of hydrogen-bond acceptors (Lipinski definition) is 5. The number of ether oxygens (including phenoxy) is 1. The van der Waals surface area contributed by atoms with Crippen molar-refractivity contribution in [2.75, 3.05) is 12.4 Å². The van der Waals surface area contributed by atoms with Crippen LogP contribution in [0.3, 0.4) is 0 Å². The predicted molar refractivity (Wildman–Crippen MR) is 143 cm³/mol. The van der Waals surface area contributed by atoms with Crippen molar-refractivity contribution in [3.05, 3.63) is 90.3 Å². The van der Waals surface area contributed by atoms with Gasteiger partial charge in [-0.05, 0) is 68.8 Å². The Morgan fingerprint density at radius 2 is 1.78 bits per heavy atom. The smallest absolute Gasteiger partial charge is 0.340 e. The van der Waals surface area contributed by atoms with Crippen LogP contribution in [0.15, 0.2) is 79.0 Å². The molecule has 3 aromatic carbocycles. The first-order valence-electron chi connectivity index (χ1n) is 11.7. The van der Waals surface area contributed by atoms with E-state index in [-0.39, 0.29) is 5.97 Å². The van der Waals surface area contributed by atoms with Gasteiger partial charge in [-0.2, -0.15) is 5.26 Å². The minimum Gasteiger partial charge on any atom is -0.456 e. The number of hydrogen-bond donors (Lipinski definition) is 1. The van der Waals surface area contributed by atoms with Crippen LogP contribution in [-0.2, 0) is 4.74 Å². The first-order valence-corrected chi connectivity index (χ1v) is 11.7. The van der Waals surface area contributed by atoms with Gasteiger partial charge in [-0.25, -0.2) is 9.78 Å². The highest BCUT2D eigenvalue weighted by Gasteiger charge is 2.22. The number of para-hydroxylation sites is 1. The third-order valence-corrected chi connectivity index (χ3v) is 6.04. The largest absolute Gasteiger partial charge is 0.456 e. The van der Waals surface area contributed by atoms with E-state index in [9.17, 15) is 4.79 Å². The average molecular weight is 475 g/mol. The van der Waals surface area contributed by atoms with Crippen molar-refractivity contribution in [3.63, 3.8) is 0 Å². The summed E-state index contributed by atoms with van der Waals surface area (Å²) in [7, 11) is 1.80. The average Bonchev–Trinajstić information content (AvgIpc) is 3.22. The van der Waals surface area contributed by atoms with Gasteiger partial charge in [0, 0.05) is 35.3 Å². The van der Waals surface area contributed by atoms with Crippen molar-refractivity contribution in [1.29, 1.82) is 5.26 Å². The van der Waals surface area contributed by atoms with Gasteiger partial charge in [0.15, 0.2) is 0 Å². The number of fused-ring (bicyclic) bond motifs is 3. The van der Waals surface area contributed by atoms with Gasteiger partial charge in [-0.15, -0.1) is 0 Å². The maximum atomic E-state index is 12.8. The van der Waals surface area contributed by atoms with Crippen LogP contribution < -0.4 is 5.32 Å². The number of benzene rings is 3. The molecule has 5 rings (SSSR count). The zero-order valence-corrected chi connectivity index (χ0v) is 20.7. The maximum Gasteiger partial charge on any atom is 0.340 e. The van der Waals surface area contributed by atoms with Crippen LogP contribution in [0.4, 0.5) is 5.69 Å². The molecule has 178 valence electrons. The molecule has 0 aliphatic heterocycles. The molecule has 1 N–H and O–H groups in total. The van der Waals surface area contributed by atoms with E-state index >= 15 is 0 Å². The topological polar surface area (TPSA) is 79.9 Å². The molecule has 0 saturated carbocycles. The number of esters is 1. The highest BCUT2D eigenvalue weighted by molar-refractivity contribution is 6.15. The number of anilines is 1. The predicted octanol–water partition coefficient (Wildman–Crippen LogP) is 6.71. The first-order chi connectivity index (χ1) is 17.3. The van der Waals surface area contributed by atoms with E-state index in [0.717, 1.165) is 38.6 Å². The van der Waals surface area contributed by atoms with Crippen molar-refractivity contribution in [1.82, 2.24) is 9.55 Å². The zero-order chi connectivity index (χ0) is 25.4. The van der Waals surface area contributed by atoms with Crippen molar-refractivity contribution in [2.24, 2.45) is 0 Å². The molecule has 6 heteroatoms. The lowest BCUT2D eigenvalue weighted by Crippen LogP contribution is -2.24. The van der Waals surface area contributed by atoms with Crippen molar-refractivity contribution in [2.45, 2.75) is 26.4 Å². The van der Waals surface area contributed by atoms with Gasteiger partial charge in [-0.1, -0.05) is 30.3 Å². The lowest BCUT2D eigenvalue weighted by Gasteiger charge is -2.21. The Morgan fingerprint density at radius 3 is 2.47 bits per heavy atom. The second kappa shape index (κ2) is 8.86. The molecule has 0 unspecified atom stereocenters. The summed E-state index contributed by atoms with van der Waals surface area (Å²) in [6, 6.07) is 25.9. The molecular weight excluding hydrogens is 448 g/mol. The van der Waals surface area contributed by atoms with Crippen LogP contribution >= 0.6 is 0 Å². The second-order valence-corrected chi connectivity index (χ2v) is 9.58. The Morgan fingerprint density at radius 1 is 1.00 bits per heavy atom. The summed E-state index contributed by atoms with van der Waals surface area (Å²) in [5, 5.41) is 14.5. The van der Waals surface area contributed by atoms with Crippen molar-refractivity contribution in [3.8, 4) is 22.9 Å². The third-order valence-electron chi connectivity index (χ3n) is 6.04. The standard InChI is InChI=1S/C30H26N4O2/c1-30(2,3)36-29(35)23-15-14-21(16-25(23)32-4)34-26-10-6-5-8-24(26)28-22(9-7-11-27(28)34)19-12-13-20(17-31)33-18-19/h5-16,18,32H,1-4H3. The van der Waals surface area contributed by atoms with Gasteiger partial charge < -0.3 is 14.6 Å². The van der Waals surface area contributed by atoms with E-state index in [0.29, 0.717) is 16.9 Å². The van der Waals surface area contributed by atoms with Gasteiger partial charge in [-0.3, -0.25) is 0 Å². The summed E-state index contributed by atoms with van der Waals surface area (Å²) in [5.74, 6) is -0.365. The molecule has 0 atom stereocenters. The highest BCUT2D eigenvalue weighted by Crippen LogP contribution is 2.38. The molecular formula is C30H26N4O2. The van der Waals surface area contributed by atoms with Gasteiger partial charge in [0.05, 0.1) is 22.3 Å². The molecule has 0 aliphatic rings. The molecule has 2 aromatic heterocycles. The fraction of sp³-hybridized carbons (Fsp3) is 0.167. The van der Waals surface area contributed by atoms with Crippen LogP contribution in [-0.4, -0.2) is 28.2 Å². The minimum atomic E-state index is -0.579. The second-order valence-electron chi connectivity index (χ2n) is 9.58. The van der Waals surface area contributed by atoms with E-state index in [1.165, 1.54) is 0 Å². The molecule has 0 bridgehead atoms. The van der Waals surface area contributed by atoms with Crippen molar-refractivity contribution >= 4 is 33.5 Å². The quantitative estimate of drug-likeness (QED) is 0.293. The van der Waals surface area contributed by atoms with Gasteiger partial charge in [0.2, 0.25) is 0 Å². The summed E-state index contributed by atoms with van der Waals surface area (Å²) in [4.78, 5) is 17.1. The molecule has 0 spiro atoms. The molecule has 2 heterocycles. The molecule has 6 nitrogen and oxygen atoms in total. The minimum absolute atomic E-state index is 0.365. The highest BCUT2D eigenvalue weighted by atomic mass is 16.6. The summed E-state index contributed by atoms with van der Waals surface area (Å²) in [6.45, 7) is 5.58. The van der Waals surface area contributed by atoms with E-state index < -0.39 is 5.60 Å². The third kappa shape index (κ3) is 4.05. The number of pyridine rings is 1. The molecule has 5 aromatic rings. The number of rotatable bonds is 4. The maximum absolute atomic E-state index is 12.8. The summed E-state index contributed by atoms with van der Waals surface area (Å²) in [5.41, 5.74) is 5.98. The van der Waals surface area contributed by atoms with E-state index in [4.69, 9.17) is 10.00 Å². The number of carbonyl (C=O) groups excluding carboxylic acids is 1. The fourth-order valence-electron chi connectivity index (χ4n) is 4.55. The van der Waals surface area contributed by atoms with Crippen LogP contribution in [0.2, 0.25) is 0 Å². The summed E-state index contributed by atoms with van der Waals surface area (Å²) in [6.07, 6.45) is 1.74. The molecule has 0 aliphatic carbocycles. The Bertz CT molecular complexity index is 1650. The number of aromatic nitrogens is 2. The van der Waals surface area contributed by atoms with Gasteiger partial charge in [0.25, 0.3) is 0 Å². The Balaban J connectivity index is 1.73. The number of carbonyl (C=O) groups is 1. The Hall–Kier alpha value is -4.63. The van der Waals surface area contributed by atoms with Gasteiger partial charge in [0.1, 0.15) is 17.4 Å². The number of nitriles is 1. The SMILES string of the molecule is CNc1cc(-n2c3ccccc3c3c(-c4ccc(C#N)nc4)cccc32)ccc1C(=O)OC(C)(C)C. The molecule has 0 saturated heterocycles. The summed E-state index contributed by atoms with van der Waals surface area (Å²) < 4.78 is 7.81. The number of nitrogens with one attached hydrogen (secondary N) is 1. The number of nitrogens with zero attached hydrogens (tertiary/aromatic N) is 3. The van der Waals surface area contributed by atoms with Crippen LogP contribution in [0, 0.1) is 11.3 Å². The lowest BCUT2D eigenvalue weighted by molar-refractivity contribution is 0.00707. The van der Waals surface area contributed by atoms with E-state index in [1.54, 1.807) is 19.3 Å². The van der Waals surface area contributed by atoms with E-state index in [1.807, 2.05) is 63.2 Å². The van der Waals surface area contributed by atoms with Crippen LogP contribution in [0.25, 0.3) is 38.6 Å².